The molecule has 5 nitrogen and oxygen atoms in total. The number of anilines is 1. The Morgan fingerprint density at radius 1 is 1.82 bits per heavy atom. The summed E-state index contributed by atoms with van der Waals surface area (Å²) in [7, 11) is 0. The standard InChI is InChI=1S/C6H5N3O2/c7-3-9-6(10)5-4(8)1-2-11-5/h1-2H,8H2,(H,9,10). The van der Waals surface area contributed by atoms with Gasteiger partial charge in [0.1, 0.15) is 0 Å². The summed E-state index contributed by atoms with van der Waals surface area (Å²) in [4.78, 5) is 10.8. The summed E-state index contributed by atoms with van der Waals surface area (Å²) in [5.74, 6) is -0.665. The molecule has 0 radical (unpaired) electrons. The highest BCUT2D eigenvalue weighted by atomic mass is 16.3. The van der Waals surface area contributed by atoms with E-state index in [1.165, 1.54) is 18.5 Å². The topological polar surface area (TPSA) is 92.0 Å². The van der Waals surface area contributed by atoms with Crippen LogP contribution in [0.25, 0.3) is 0 Å². The number of furan rings is 1. The quantitative estimate of drug-likeness (QED) is 0.439. The normalized spacial score (nSPS) is 8.64. The fourth-order valence-electron chi connectivity index (χ4n) is 0.611. The van der Waals surface area contributed by atoms with E-state index in [2.05, 4.69) is 0 Å². The van der Waals surface area contributed by atoms with Crippen LogP contribution in [0.3, 0.4) is 0 Å². The predicted octanol–water partition coefficient (Wildman–Crippen LogP) is 0.0727. The summed E-state index contributed by atoms with van der Waals surface area (Å²) >= 11 is 0. The zero-order chi connectivity index (χ0) is 8.27. The molecule has 5 heteroatoms. The van der Waals surface area contributed by atoms with E-state index in [1.54, 1.807) is 0 Å². The van der Waals surface area contributed by atoms with Gasteiger partial charge in [-0.1, -0.05) is 0 Å². The van der Waals surface area contributed by atoms with Gasteiger partial charge in [-0.15, -0.1) is 0 Å². The second-order valence-electron chi connectivity index (χ2n) is 1.77. The summed E-state index contributed by atoms with van der Waals surface area (Å²) in [5, 5.41) is 9.94. The van der Waals surface area contributed by atoms with Crippen molar-refractivity contribution in [1.82, 2.24) is 5.32 Å². The van der Waals surface area contributed by atoms with E-state index in [0.717, 1.165) is 0 Å². The van der Waals surface area contributed by atoms with Crippen molar-refractivity contribution >= 4 is 11.6 Å². The molecule has 0 aliphatic heterocycles. The molecule has 0 spiro atoms. The molecule has 0 unspecified atom stereocenters. The molecule has 0 saturated heterocycles. The molecule has 0 aliphatic rings. The van der Waals surface area contributed by atoms with Gasteiger partial charge < -0.3 is 10.2 Å². The molecule has 0 atom stereocenters. The molecule has 56 valence electrons. The van der Waals surface area contributed by atoms with Gasteiger partial charge in [-0.25, -0.2) is 0 Å². The number of amides is 1. The molecule has 1 amide bonds. The van der Waals surface area contributed by atoms with E-state index >= 15 is 0 Å². The average molecular weight is 151 g/mol. The minimum Gasteiger partial charge on any atom is -0.457 e. The number of nitrogen functional groups attached to an aromatic ring is 1. The number of nitrogens with two attached hydrogens (primary N) is 1. The van der Waals surface area contributed by atoms with Crippen molar-refractivity contribution in [1.29, 1.82) is 5.26 Å². The first kappa shape index (κ1) is 7.15. The van der Waals surface area contributed by atoms with Crippen molar-refractivity contribution < 1.29 is 9.21 Å². The van der Waals surface area contributed by atoms with Crippen LogP contribution in [0, 0.1) is 11.5 Å². The van der Waals surface area contributed by atoms with Crippen LogP contribution in [0.5, 0.6) is 0 Å². The van der Waals surface area contributed by atoms with Crippen molar-refractivity contribution in [3.05, 3.63) is 18.1 Å². The largest absolute Gasteiger partial charge is 0.457 e. The third-order valence-corrected chi connectivity index (χ3v) is 1.07. The predicted molar refractivity (Wildman–Crippen MR) is 36.2 cm³/mol. The monoisotopic (exact) mass is 151 g/mol. The minimum atomic E-state index is -0.630. The van der Waals surface area contributed by atoms with Crippen LogP contribution in [0.1, 0.15) is 10.6 Å². The third-order valence-electron chi connectivity index (χ3n) is 1.07. The Hall–Kier alpha value is -1.96. The Morgan fingerprint density at radius 3 is 3.00 bits per heavy atom. The molecular formula is C6H5N3O2. The Balaban J connectivity index is 2.86. The minimum absolute atomic E-state index is 0.0356. The number of carbonyl (C=O) groups is 1. The highest BCUT2D eigenvalue weighted by Gasteiger charge is 2.11. The maximum Gasteiger partial charge on any atom is 0.302 e. The summed E-state index contributed by atoms with van der Waals surface area (Å²) < 4.78 is 4.69. The van der Waals surface area contributed by atoms with E-state index in [9.17, 15) is 4.79 Å². The highest BCUT2D eigenvalue weighted by Crippen LogP contribution is 2.11. The van der Waals surface area contributed by atoms with Gasteiger partial charge in [0.25, 0.3) is 0 Å². The zero-order valence-electron chi connectivity index (χ0n) is 5.50. The van der Waals surface area contributed by atoms with Crippen molar-refractivity contribution in [2.24, 2.45) is 0 Å². The molecule has 1 rings (SSSR count). The fourth-order valence-corrected chi connectivity index (χ4v) is 0.611. The van der Waals surface area contributed by atoms with Crippen molar-refractivity contribution in [2.45, 2.75) is 0 Å². The molecular weight excluding hydrogens is 146 g/mol. The fraction of sp³-hybridized carbons (Fsp3) is 0. The van der Waals surface area contributed by atoms with Crippen LogP contribution in [-0.2, 0) is 0 Å². The van der Waals surface area contributed by atoms with Gasteiger partial charge in [-0.2, -0.15) is 5.26 Å². The highest BCUT2D eigenvalue weighted by molar-refractivity contribution is 5.97. The van der Waals surface area contributed by atoms with Crippen molar-refractivity contribution in [2.75, 3.05) is 5.73 Å². The number of hydrogen-bond donors (Lipinski definition) is 2. The molecule has 1 heterocycles. The van der Waals surface area contributed by atoms with Crippen LogP contribution >= 0.6 is 0 Å². The van der Waals surface area contributed by atoms with E-state index in [1.807, 2.05) is 5.32 Å². The van der Waals surface area contributed by atoms with Gasteiger partial charge in [0.15, 0.2) is 6.19 Å². The molecule has 0 bridgehead atoms. The lowest BCUT2D eigenvalue weighted by molar-refractivity contribution is 0.0947. The summed E-state index contributed by atoms with van der Waals surface area (Å²) in [6.45, 7) is 0. The van der Waals surface area contributed by atoms with Crippen LogP contribution < -0.4 is 11.1 Å². The lowest BCUT2D eigenvalue weighted by Gasteiger charge is -1.91. The first-order valence-corrected chi connectivity index (χ1v) is 2.78. The van der Waals surface area contributed by atoms with Gasteiger partial charge in [0.2, 0.25) is 5.76 Å². The SMILES string of the molecule is N#CNC(=O)c1occc1N. The maximum atomic E-state index is 10.8. The van der Waals surface area contributed by atoms with Crippen molar-refractivity contribution in [3.63, 3.8) is 0 Å². The number of carbonyl (C=O) groups excluding carboxylic acids is 1. The number of nitriles is 1. The first-order valence-electron chi connectivity index (χ1n) is 2.78. The Morgan fingerprint density at radius 2 is 2.55 bits per heavy atom. The van der Waals surface area contributed by atoms with Crippen LogP contribution in [0.2, 0.25) is 0 Å². The van der Waals surface area contributed by atoms with Crippen LogP contribution in [0.15, 0.2) is 16.7 Å². The smallest absolute Gasteiger partial charge is 0.302 e. The zero-order valence-corrected chi connectivity index (χ0v) is 5.50. The van der Waals surface area contributed by atoms with Gasteiger partial charge in [0.05, 0.1) is 12.0 Å². The molecule has 0 saturated carbocycles. The van der Waals surface area contributed by atoms with Gasteiger partial charge in [0, 0.05) is 6.07 Å². The van der Waals surface area contributed by atoms with E-state index < -0.39 is 5.91 Å². The first-order chi connectivity index (χ1) is 5.25. The van der Waals surface area contributed by atoms with Gasteiger partial charge in [-0.05, 0) is 0 Å². The Kier molecular flexibility index (Phi) is 1.79. The number of nitrogens with zero attached hydrogens (tertiary/aromatic N) is 1. The number of nitrogens with one attached hydrogen (secondary N) is 1. The van der Waals surface area contributed by atoms with Gasteiger partial charge >= 0.3 is 5.91 Å². The average Bonchev–Trinajstić information content (AvgIpc) is 2.36. The van der Waals surface area contributed by atoms with Crippen LogP contribution in [-0.4, -0.2) is 5.91 Å². The third kappa shape index (κ3) is 1.30. The molecule has 0 aliphatic carbocycles. The molecule has 3 N–H and O–H groups in total. The molecule has 1 aromatic rings. The molecule has 1 aromatic heterocycles. The lowest BCUT2D eigenvalue weighted by Crippen LogP contribution is -2.17. The molecule has 0 fully saturated rings. The second-order valence-corrected chi connectivity index (χ2v) is 1.77. The maximum absolute atomic E-state index is 10.8. The van der Waals surface area contributed by atoms with E-state index in [4.69, 9.17) is 15.4 Å². The second kappa shape index (κ2) is 2.75. The van der Waals surface area contributed by atoms with Crippen LogP contribution in [0.4, 0.5) is 5.69 Å². The van der Waals surface area contributed by atoms with Crippen molar-refractivity contribution in [3.8, 4) is 6.19 Å². The van der Waals surface area contributed by atoms with E-state index in [0.29, 0.717) is 0 Å². The Bertz CT molecular complexity index is 310. The van der Waals surface area contributed by atoms with Gasteiger partial charge in [-0.3, -0.25) is 10.1 Å². The molecule has 0 aromatic carbocycles. The molecule has 11 heavy (non-hydrogen) atoms. The number of rotatable bonds is 1. The van der Waals surface area contributed by atoms with E-state index in [-0.39, 0.29) is 11.4 Å². The lowest BCUT2D eigenvalue weighted by atomic mass is 10.4. The summed E-state index contributed by atoms with van der Waals surface area (Å²) in [5.41, 5.74) is 5.53. The summed E-state index contributed by atoms with van der Waals surface area (Å²) in [6.07, 6.45) is 2.75. The number of hydrogen-bond acceptors (Lipinski definition) is 4. The Labute approximate surface area is 62.4 Å². The summed E-state index contributed by atoms with van der Waals surface area (Å²) in [6, 6.07) is 1.44.